The summed E-state index contributed by atoms with van der Waals surface area (Å²) in [5, 5.41) is 2.81. The molecule has 10 heavy (non-hydrogen) atoms. The van der Waals surface area contributed by atoms with E-state index in [0.29, 0.717) is 13.2 Å². The topological polar surface area (TPSA) is 47.9 Å². The summed E-state index contributed by atoms with van der Waals surface area (Å²) in [5.41, 5.74) is 0. The fraction of sp³-hybridized carbons (Fsp3) is 1.00. The molecular weight excluding hydrogens is 134 g/mol. The first-order valence-electron chi connectivity index (χ1n) is 3.24. The van der Waals surface area contributed by atoms with Crippen LogP contribution in [0.25, 0.3) is 0 Å². The SMILES string of the molecule is CC1(C)OCC(N=O)CO1. The highest BCUT2D eigenvalue weighted by molar-refractivity contribution is 4.71. The van der Waals surface area contributed by atoms with Crippen molar-refractivity contribution in [2.45, 2.75) is 25.7 Å². The normalized spacial score (nSPS) is 26.2. The average molecular weight is 145 g/mol. The standard InChI is InChI=1S/C6H11NO3/c1-6(2)9-3-5(7-8)4-10-6/h5H,3-4H2,1-2H3. The van der Waals surface area contributed by atoms with Crippen LogP contribution < -0.4 is 0 Å². The molecule has 1 aliphatic rings. The molecule has 0 aromatic rings. The van der Waals surface area contributed by atoms with E-state index in [1.54, 1.807) is 0 Å². The summed E-state index contributed by atoms with van der Waals surface area (Å²) >= 11 is 0. The lowest BCUT2D eigenvalue weighted by Gasteiger charge is -2.32. The van der Waals surface area contributed by atoms with Gasteiger partial charge < -0.3 is 9.47 Å². The highest BCUT2D eigenvalue weighted by atomic mass is 16.7. The Kier molecular flexibility index (Phi) is 2.01. The molecule has 0 aliphatic carbocycles. The monoisotopic (exact) mass is 145 g/mol. The Hall–Kier alpha value is -0.480. The molecule has 1 aliphatic heterocycles. The van der Waals surface area contributed by atoms with Gasteiger partial charge >= 0.3 is 0 Å². The van der Waals surface area contributed by atoms with Crippen molar-refractivity contribution in [3.8, 4) is 0 Å². The minimum absolute atomic E-state index is 0.326. The van der Waals surface area contributed by atoms with E-state index < -0.39 is 5.79 Å². The Morgan fingerprint density at radius 1 is 1.40 bits per heavy atom. The second-order valence-electron chi connectivity index (χ2n) is 2.78. The molecule has 0 radical (unpaired) electrons. The third kappa shape index (κ3) is 1.75. The van der Waals surface area contributed by atoms with Crippen molar-refractivity contribution >= 4 is 0 Å². The predicted molar refractivity (Wildman–Crippen MR) is 35.6 cm³/mol. The Labute approximate surface area is 59.5 Å². The molecule has 0 saturated carbocycles. The maximum atomic E-state index is 9.96. The fourth-order valence-electron chi connectivity index (χ4n) is 0.744. The van der Waals surface area contributed by atoms with Crippen LogP contribution in [0.2, 0.25) is 0 Å². The van der Waals surface area contributed by atoms with Gasteiger partial charge in [0.25, 0.3) is 0 Å². The number of hydrogen-bond acceptors (Lipinski definition) is 4. The van der Waals surface area contributed by atoms with Crippen LogP contribution in [0.5, 0.6) is 0 Å². The lowest BCUT2D eigenvalue weighted by atomic mass is 10.3. The Morgan fingerprint density at radius 2 is 1.90 bits per heavy atom. The van der Waals surface area contributed by atoms with Crippen molar-refractivity contribution in [1.82, 2.24) is 0 Å². The quantitative estimate of drug-likeness (QED) is 0.515. The van der Waals surface area contributed by atoms with Crippen molar-refractivity contribution in [3.05, 3.63) is 4.91 Å². The second-order valence-corrected chi connectivity index (χ2v) is 2.78. The van der Waals surface area contributed by atoms with Crippen LogP contribution in [-0.2, 0) is 9.47 Å². The first kappa shape index (κ1) is 7.63. The van der Waals surface area contributed by atoms with Crippen LogP contribution in [-0.4, -0.2) is 25.0 Å². The van der Waals surface area contributed by atoms with Crippen LogP contribution in [0.4, 0.5) is 0 Å². The summed E-state index contributed by atoms with van der Waals surface area (Å²) in [7, 11) is 0. The highest BCUT2D eigenvalue weighted by Gasteiger charge is 2.28. The lowest BCUT2D eigenvalue weighted by molar-refractivity contribution is -0.249. The molecule has 4 nitrogen and oxygen atoms in total. The Morgan fingerprint density at radius 3 is 2.30 bits per heavy atom. The van der Waals surface area contributed by atoms with Crippen LogP contribution >= 0.6 is 0 Å². The van der Waals surface area contributed by atoms with Gasteiger partial charge in [0, 0.05) is 0 Å². The predicted octanol–water partition coefficient (Wildman–Crippen LogP) is 0.904. The molecule has 4 heteroatoms. The first-order chi connectivity index (χ1) is 4.64. The summed E-state index contributed by atoms with van der Waals surface area (Å²) in [4.78, 5) is 9.96. The molecular formula is C6H11NO3. The van der Waals surface area contributed by atoms with Crippen molar-refractivity contribution in [2.24, 2.45) is 5.18 Å². The van der Waals surface area contributed by atoms with Gasteiger partial charge in [0.2, 0.25) is 0 Å². The van der Waals surface area contributed by atoms with E-state index in [4.69, 9.17) is 9.47 Å². The van der Waals surface area contributed by atoms with Crippen molar-refractivity contribution in [3.63, 3.8) is 0 Å². The van der Waals surface area contributed by atoms with Crippen LogP contribution in [0, 0.1) is 4.91 Å². The van der Waals surface area contributed by atoms with Crippen LogP contribution in [0.3, 0.4) is 0 Å². The number of rotatable bonds is 1. The molecule has 1 fully saturated rings. The van der Waals surface area contributed by atoms with E-state index in [0.717, 1.165) is 0 Å². The van der Waals surface area contributed by atoms with Gasteiger partial charge in [-0.3, -0.25) is 0 Å². The molecule has 1 saturated heterocycles. The molecule has 0 unspecified atom stereocenters. The van der Waals surface area contributed by atoms with E-state index >= 15 is 0 Å². The minimum atomic E-state index is -0.540. The van der Waals surface area contributed by atoms with E-state index in [1.807, 2.05) is 13.8 Å². The Bertz CT molecular complexity index is 125. The number of ether oxygens (including phenoxy) is 2. The zero-order valence-electron chi connectivity index (χ0n) is 6.16. The molecule has 0 spiro atoms. The van der Waals surface area contributed by atoms with Gasteiger partial charge in [-0.2, -0.15) is 4.91 Å². The lowest BCUT2D eigenvalue weighted by Crippen LogP contribution is -2.40. The molecule has 0 aromatic carbocycles. The van der Waals surface area contributed by atoms with E-state index in [1.165, 1.54) is 0 Å². The molecule has 0 N–H and O–H groups in total. The fourth-order valence-corrected chi connectivity index (χ4v) is 0.744. The van der Waals surface area contributed by atoms with Gasteiger partial charge in [-0.05, 0) is 13.8 Å². The van der Waals surface area contributed by atoms with E-state index in [9.17, 15) is 4.91 Å². The molecule has 0 bridgehead atoms. The van der Waals surface area contributed by atoms with Crippen molar-refractivity contribution < 1.29 is 9.47 Å². The third-order valence-electron chi connectivity index (χ3n) is 1.40. The molecule has 0 atom stereocenters. The van der Waals surface area contributed by atoms with Crippen LogP contribution in [0.1, 0.15) is 13.8 Å². The largest absolute Gasteiger partial charge is 0.348 e. The molecule has 58 valence electrons. The molecule has 0 aromatic heterocycles. The summed E-state index contributed by atoms with van der Waals surface area (Å²) in [6.07, 6.45) is 0. The van der Waals surface area contributed by atoms with E-state index in [-0.39, 0.29) is 6.04 Å². The average Bonchev–Trinajstić information content (AvgIpc) is 1.88. The van der Waals surface area contributed by atoms with Crippen molar-refractivity contribution in [2.75, 3.05) is 13.2 Å². The van der Waals surface area contributed by atoms with Gasteiger partial charge in [0.05, 0.1) is 13.2 Å². The smallest absolute Gasteiger partial charge is 0.162 e. The second kappa shape index (κ2) is 2.64. The maximum absolute atomic E-state index is 9.96. The van der Waals surface area contributed by atoms with Gasteiger partial charge in [-0.15, -0.1) is 0 Å². The number of nitrogens with zero attached hydrogens (tertiary/aromatic N) is 1. The molecule has 1 rings (SSSR count). The van der Waals surface area contributed by atoms with Crippen molar-refractivity contribution in [1.29, 1.82) is 0 Å². The summed E-state index contributed by atoms with van der Waals surface area (Å²) in [6, 6.07) is -0.326. The first-order valence-corrected chi connectivity index (χ1v) is 3.24. The van der Waals surface area contributed by atoms with Gasteiger partial charge in [0.15, 0.2) is 5.79 Å². The van der Waals surface area contributed by atoms with Gasteiger partial charge in [-0.25, -0.2) is 0 Å². The number of hydrogen-bond donors (Lipinski definition) is 0. The zero-order chi connectivity index (χ0) is 7.61. The van der Waals surface area contributed by atoms with E-state index in [2.05, 4.69) is 5.18 Å². The maximum Gasteiger partial charge on any atom is 0.162 e. The molecule has 1 heterocycles. The minimum Gasteiger partial charge on any atom is -0.348 e. The summed E-state index contributed by atoms with van der Waals surface area (Å²) in [5.74, 6) is -0.540. The van der Waals surface area contributed by atoms with Gasteiger partial charge in [-0.1, -0.05) is 5.18 Å². The van der Waals surface area contributed by atoms with Gasteiger partial charge in [0.1, 0.15) is 6.04 Å². The molecule has 0 amide bonds. The zero-order valence-corrected chi connectivity index (χ0v) is 6.16. The summed E-state index contributed by atoms with van der Waals surface area (Å²) < 4.78 is 10.3. The Balaban J connectivity index is 2.38. The summed E-state index contributed by atoms with van der Waals surface area (Å²) in [6.45, 7) is 4.37. The highest BCUT2D eigenvalue weighted by Crippen LogP contribution is 2.17. The third-order valence-corrected chi connectivity index (χ3v) is 1.40. The number of nitroso groups, excluding NO2 is 1. The van der Waals surface area contributed by atoms with Crippen LogP contribution in [0.15, 0.2) is 5.18 Å².